The van der Waals surface area contributed by atoms with E-state index in [1.165, 1.54) is 12.8 Å². The van der Waals surface area contributed by atoms with Crippen molar-refractivity contribution in [1.82, 2.24) is 29.6 Å². The van der Waals surface area contributed by atoms with Gasteiger partial charge in [0.1, 0.15) is 23.6 Å². The van der Waals surface area contributed by atoms with Crippen molar-refractivity contribution in [1.29, 1.82) is 0 Å². The van der Waals surface area contributed by atoms with Gasteiger partial charge in [-0.2, -0.15) is 0 Å². The van der Waals surface area contributed by atoms with Crippen LogP contribution in [0.3, 0.4) is 0 Å². The minimum Gasteiger partial charge on any atom is -0.493 e. The lowest BCUT2D eigenvalue weighted by Gasteiger charge is -2.33. The van der Waals surface area contributed by atoms with Crippen molar-refractivity contribution in [3.05, 3.63) is 75.9 Å². The third kappa shape index (κ3) is 5.63. The second kappa shape index (κ2) is 12.0. The molecule has 10 heteroatoms. The molecule has 10 nitrogen and oxygen atoms in total. The summed E-state index contributed by atoms with van der Waals surface area (Å²) in [5, 5.41) is 2.97. The van der Waals surface area contributed by atoms with Gasteiger partial charge in [0.05, 0.1) is 29.9 Å². The Balaban J connectivity index is 1.34. The number of amides is 1. The Labute approximate surface area is 245 Å². The number of piperazine rings is 1. The average molecular weight is 570 g/mol. The van der Waals surface area contributed by atoms with E-state index in [1.54, 1.807) is 12.4 Å². The molecule has 42 heavy (non-hydrogen) atoms. The van der Waals surface area contributed by atoms with E-state index in [0.29, 0.717) is 35.2 Å². The largest absolute Gasteiger partial charge is 0.493 e. The van der Waals surface area contributed by atoms with Gasteiger partial charge in [-0.25, -0.2) is 9.97 Å². The fourth-order valence-electron chi connectivity index (χ4n) is 6.14. The number of ether oxygens (including phenoxy) is 1. The Morgan fingerprint density at radius 2 is 1.86 bits per heavy atom. The Hall–Kier alpha value is -4.18. The number of nitrogens with one attached hydrogen (secondary N) is 2. The number of fused-ring (bicyclic) bond motifs is 1. The highest BCUT2D eigenvalue weighted by molar-refractivity contribution is 5.95. The second-order valence-corrected chi connectivity index (χ2v) is 11.4. The van der Waals surface area contributed by atoms with Crippen LogP contribution < -0.4 is 20.5 Å². The second-order valence-electron chi connectivity index (χ2n) is 11.4. The number of imidazole rings is 1. The van der Waals surface area contributed by atoms with Crippen LogP contribution in [0.25, 0.3) is 16.6 Å². The third-order valence-electron chi connectivity index (χ3n) is 8.52. The topological polar surface area (TPSA) is 108 Å². The molecule has 0 bridgehead atoms. The number of H-pyrrole nitrogens is 1. The van der Waals surface area contributed by atoms with E-state index in [0.717, 1.165) is 67.2 Å². The number of rotatable bonds is 8. The normalized spacial score (nSPS) is 16.3. The smallest absolute Gasteiger partial charge is 0.268 e. The minimum atomic E-state index is -0.290. The quantitative estimate of drug-likeness (QED) is 0.329. The van der Waals surface area contributed by atoms with Gasteiger partial charge in [0.2, 0.25) is 0 Å². The molecule has 1 aliphatic heterocycles. The van der Waals surface area contributed by atoms with Gasteiger partial charge in [-0.05, 0) is 69.6 Å². The predicted octanol–water partition coefficient (Wildman–Crippen LogP) is 4.13. The fraction of sp³-hybridized carbons (Fsp3) is 0.438. The van der Waals surface area contributed by atoms with Crippen LogP contribution in [0.15, 0.2) is 47.7 Å². The Bertz CT molecular complexity index is 1630. The molecular weight excluding hydrogens is 530 g/mol. The number of nitrogens with zero attached hydrogens (tertiary/aromatic N) is 5. The number of hydrogen-bond donors (Lipinski definition) is 2. The molecule has 1 amide bonds. The van der Waals surface area contributed by atoms with Crippen LogP contribution in [0.1, 0.15) is 66.0 Å². The summed E-state index contributed by atoms with van der Waals surface area (Å²) >= 11 is 0. The number of aryl methyl sites for hydroxylation is 1. The van der Waals surface area contributed by atoms with Crippen molar-refractivity contribution in [2.24, 2.45) is 0 Å². The standard InChI is InChI=1S/C32H39N7O3/c1-4-42-28-15-21(2)36-31(40)25(28)19-34-32(41)27-17-24(16-26-30(35-20-39(26)27)22-7-5-6-8-22)23-9-10-29(33-18-23)38-13-11-37(3)12-14-38/h9-10,15-18,20,22H,4-8,11-14,19H2,1-3H3,(H,34,41)(H,36,40). The Morgan fingerprint density at radius 1 is 1.07 bits per heavy atom. The van der Waals surface area contributed by atoms with Gasteiger partial charge in [-0.15, -0.1) is 0 Å². The predicted molar refractivity (Wildman–Crippen MR) is 163 cm³/mol. The molecule has 4 aromatic heterocycles. The molecule has 4 aromatic rings. The van der Waals surface area contributed by atoms with Gasteiger partial charge in [0, 0.05) is 49.6 Å². The molecule has 1 aliphatic carbocycles. The van der Waals surface area contributed by atoms with Crippen molar-refractivity contribution < 1.29 is 9.53 Å². The number of aromatic nitrogens is 4. The number of carbonyl (C=O) groups is 1. The number of anilines is 1. The number of pyridine rings is 3. The first-order valence-electron chi connectivity index (χ1n) is 15.0. The molecule has 0 aromatic carbocycles. The van der Waals surface area contributed by atoms with Crippen molar-refractivity contribution in [2.75, 3.05) is 44.7 Å². The molecule has 1 saturated carbocycles. The van der Waals surface area contributed by atoms with Crippen LogP contribution in [-0.4, -0.2) is 70.0 Å². The Morgan fingerprint density at radius 3 is 2.57 bits per heavy atom. The summed E-state index contributed by atoms with van der Waals surface area (Å²) in [6.45, 7) is 8.09. The summed E-state index contributed by atoms with van der Waals surface area (Å²) in [5.41, 5.74) is 5.13. The molecule has 0 radical (unpaired) electrons. The van der Waals surface area contributed by atoms with E-state index in [1.807, 2.05) is 30.5 Å². The van der Waals surface area contributed by atoms with Gasteiger partial charge < -0.3 is 24.8 Å². The molecule has 0 spiro atoms. The van der Waals surface area contributed by atoms with E-state index < -0.39 is 0 Å². The van der Waals surface area contributed by atoms with Gasteiger partial charge in [-0.1, -0.05) is 12.8 Å². The number of aromatic amines is 1. The molecule has 220 valence electrons. The van der Waals surface area contributed by atoms with Crippen LogP contribution in [-0.2, 0) is 6.54 Å². The monoisotopic (exact) mass is 569 g/mol. The van der Waals surface area contributed by atoms with E-state index in [2.05, 4.69) is 45.3 Å². The SMILES string of the molecule is CCOc1cc(C)[nH]c(=O)c1CNC(=O)c1cc(-c2ccc(N3CCN(C)CC3)nc2)cc2c(C3CCCC3)ncn12. The van der Waals surface area contributed by atoms with Gasteiger partial charge >= 0.3 is 0 Å². The first-order valence-corrected chi connectivity index (χ1v) is 15.0. The van der Waals surface area contributed by atoms with Crippen molar-refractivity contribution in [3.63, 3.8) is 0 Å². The summed E-state index contributed by atoms with van der Waals surface area (Å²) < 4.78 is 7.58. The highest BCUT2D eigenvalue weighted by Gasteiger charge is 2.24. The Kier molecular flexibility index (Phi) is 7.97. The van der Waals surface area contributed by atoms with Crippen LogP contribution >= 0.6 is 0 Å². The molecule has 2 aliphatic rings. The van der Waals surface area contributed by atoms with Crippen LogP contribution in [0.5, 0.6) is 5.75 Å². The molecule has 2 N–H and O–H groups in total. The third-order valence-corrected chi connectivity index (χ3v) is 8.52. The lowest BCUT2D eigenvalue weighted by atomic mass is 10.0. The minimum absolute atomic E-state index is 0.0426. The molecule has 0 atom stereocenters. The summed E-state index contributed by atoms with van der Waals surface area (Å²) in [6, 6.07) is 9.95. The van der Waals surface area contributed by atoms with Crippen LogP contribution in [0.2, 0.25) is 0 Å². The van der Waals surface area contributed by atoms with Crippen LogP contribution in [0, 0.1) is 6.92 Å². The maximum atomic E-state index is 13.7. The zero-order valence-corrected chi connectivity index (χ0v) is 24.7. The zero-order valence-electron chi connectivity index (χ0n) is 24.7. The van der Waals surface area contributed by atoms with E-state index in [9.17, 15) is 9.59 Å². The van der Waals surface area contributed by atoms with Crippen molar-refractivity contribution in [2.45, 2.75) is 52.0 Å². The van der Waals surface area contributed by atoms with Gasteiger partial charge in [-0.3, -0.25) is 14.0 Å². The van der Waals surface area contributed by atoms with E-state index in [-0.39, 0.29) is 18.0 Å². The van der Waals surface area contributed by atoms with Crippen molar-refractivity contribution >= 4 is 17.2 Å². The first kappa shape index (κ1) is 28.0. The molecule has 2 fully saturated rings. The van der Waals surface area contributed by atoms with Crippen LogP contribution in [0.4, 0.5) is 5.82 Å². The molecular formula is C32H39N7O3. The molecule has 6 rings (SSSR count). The number of hydrogen-bond acceptors (Lipinski definition) is 7. The first-order chi connectivity index (χ1) is 20.4. The fourth-order valence-corrected chi connectivity index (χ4v) is 6.14. The van der Waals surface area contributed by atoms with Crippen molar-refractivity contribution in [3.8, 4) is 16.9 Å². The zero-order chi connectivity index (χ0) is 29.2. The average Bonchev–Trinajstić information content (AvgIpc) is 3.67. The lowest BCUT2D eigenvalue weighted by Crippen LogP contribution is -2.44. The van der Waals surface area contributed by atoms with E-state index in [4.69, 9.17) is 14.7 Å². The van der Waals surface area contributed by atoms with Gasteiger partial charge in [0.15, 0.2) is 0 Å². The maximum Gasteiger partial charge on any atom is 0.268 e. The highest BCUT2D eigenvalue weighted by atomic mass is 16.5. The molecule has 1 saturated heterocycles. The van der Waals surface area contributed by atoms with E-state index >= 15 is 0 Å². The highest BCUT2D eigenvalue weighted by Crippen LogP contribution is 2.37. The summed E-state index contributed by atoms with van der Waals surface area (Å²) in [7, 11) is 2.14. The molecule has 0 unspecified atom stereocenters. The molecule has 5 heterocycles. The summed E-state index contributed by atoms with van der Waals surface area (Å²) in [4.78, 5) is 43.5. The lowest BCUT2D eigenvalue weighted by molar-refractivity contribution is 0.0944. The summed E-state index contributed by atoms with van der Waals surface area (Å²) in [5.74, 6) is 1.55. The number of likely N-dealkylation sites (N-methyl/N-ethyl adjacent to an activating group) is 1. The maximum absolute atomic E-state index is 13.7. The summed E-state index contributed by atoms with van der Waals surface area (Å²) in [6.07, 6.45) is 8.25. The van der Waals surface area contributed by atoms with Gasteiger partial charge in [0.25, 0.3) is 11.5 Å². The number of carbonyl (C=O) groups excluding carboxylic acids is 1.